The van der Waals surface area contributed by atoms with Crippen molar-refractivity contribution in [2.24, 2.45) is 11.8 Å². The van der Waals surface area contributed by atoms with Crippen LogP contribution in [0.2, 0.25) is 0 Å². The van der Waals surface area contributed by atoms with Crippen LogP contribution in [0.3, 0.4) is 0 Å². The van der Waals surface area contributed by atoms with E-state index in [1.807, 2.05) is 4.68 Å². The molecule has 0 aliphatic heterocycles. The quantitative estimate of drug-likeness (QED) is 0.608. The highest BCUT2D eigenvalue weighted by atomic mass is 16.5. The van der Waals surface area contributed by atoms with Gasteiger partial charge in [0.05, 0.1) is 24.8 Å². The number of methoxy groups -OCH3 is 1. The van der Waals surface area contributed by atoms with Gasteiger partial charge in [-0.3, -0.25) is 9.48 Å². The van der Waals surface area contributed by atoms with Gasteiger partial charge in [0.2, 0.25) is 0 Å². The summed E-state index contributed by atoms with van der Waals surface area (Å²) in [6.45, 7) is 0. The Labute approximate surface area is 111 Å². The summed E-state index contributed by atoms with van der Waals surface area (Å²) in [5.74, 6) is 0.0579. The van der Waals surface area contributed by atoms with E-state index in [0.717, 1.165) is 44.1 Å². The number of carbonyl (C=O) groups is 2. The van der Waals surface area contributed by atoms with Crippen LogP contribution in [0, 0.1) is 11.8 Å². The summed E-state index contributed by atoms with van der Waals surface area (Å²) in [7, 11) is 1.43. The molecule has 0 amide bonds. The Hall–Kier alpha value is -1.65. The molecule has 102 valence electrons. The standard InChI is InChI=1S/C14H18N2O3/c1-19-14(18)10-5-12(6-10)16-7-11-4-9(8-17)2-3-13(11)15-16/h7-10,12H,2-6H2,1H3. The first-order valence-electron chi connectivity index (χ1n) is 6.81. The summed E-state index contributed by atoms with van der Waals surface area (Å²) in [5, 5.41) is 4.61. The van der Waals surface area contributed by atoms with Crippen LogP contribution in [0.25, 0.3) is 0 Å². The highest BCUT2D eigenvalue weighted by molar-refractivity contribution is 5.73. The summed E-state index contributed by atoms with van der Waals surface area (Å²) in [6, 6.07) is 0.310. The van der Waals surface area contributed by atoms with Gasteiger partial charge in [0, 0.05) is 12.1 Å². The number of carbonyl (C=O) groups excluding carboxylic acids is 2. The van der Waals surface area contributed by atoms with Crippen molar-refractivity contribution >= 4 is 12.3 Å². The van der Waals surface area contributed by atoms with Crippen molar-refractivity contribution in [3.63, 3.8) is 0 Å². The lowest BCUT2D eigenvalue weighted by molar-refractivity contribution is -0.149. The van der Waals surface area contributed by atoms with Crippen LogP contribution in [0.15, 0.2) is 6.20 Å². The molecule has 1 aromatic rings. The van der Waals surface area contributed by atoms with E-state index in [9.17, 15) is 9.59 Å². The van der Waals surface area contributed by atoms with Crippen LogP contribution in [0.1, 0.15) is 36.6 Å². The minimum Gasteiger partial charge on any atom is -0.469 e. The molecular formula is C14H18N2O3. The summed E-state index contributed by atoms with van der Waals surface area (Å²) in [6.07, 6.45) is 7.34. The first kappa shape index (κ1) is 12.4. The van der Waals surface area contributed by atoms with Crippen molar-refractivity contribution < 1.29 is 14.3 Å². The predicted molar refractivity (Wildman–Crippen MR) is 67.6 cm³/mol. The average Bonchev–Trinajstić information content (AvgIpc) is 2.78. The van der Waals surface area contributed by atoms with Gasteiger partial charge in [0.1, 0.15) is 6.29 Å². The topological polar surface area (TPSA) is 61.2 Å². The third kappa shape index (κ3) is 2.17. The van der Waals surface area contributed by atoms with E-state index >= 15 is 0 Å². The van der Waals surface area contributed by atoms with Gasteiger partial charge >= 0.3 is 5.97 Å². The molecule has 1 fully saturated rings. The zero-order valence-electron chi connectivity index (χ0n) is 11.0. The number of nitrogens with zero attached hydrogens (tertiary/aromatic N) is 2. The van der Waals surface area contributed by atoms with Crippen molar-refractivity contribution in [2.75, 3.05) is 7.11 Å². The second kappa shape index (κ2) is 4.79. The molecular weight excluding hydrogens is 244 g/mol. The van der Waals surface area contributed by atoms with E-state index in [0.29, 0.717) is 6.04 Å². The Morgan fingerprint density at radius 1 is 1.53 bits per heavy atom. The molecule has 5 heteroatoms. The van der Waals surface area contributed by atoms with Gasteiger partial charge in [-0.25, -0.2) is 0 Å². The molecule has 1 unspecified atom stereocenters. The zero-order chi connectivity index (χ0) is 13.4. The number of fused-ring (bicyclic) bond motifs is 1. The molecule has 1 heterocycles. The molecule has 0 spiro atoms. The Kier molecular flexibility index (Phi) is 3.12. The second-order valence-electron chi connectivity index (χ2n) is 5.57. The molecule has 3 rings (SSSR count). The van der Waals surface area contributed by atoms with E-state index in [1.165, 1.54) is 12.7 Å². The van der Waals surface area contributed by atoms with E-state index in [-0.39, 0.29) is 17.8 Å². The number of ether oxygens (including phenoxy) is 1. The smallest absolute Gasteiger partial charge is 0.308 e. The van der Waals surface area contributed by atoms with E-state index < -0.39 is 0 Å². The molecule has 0 saturated heterocycles. The maximum absolute atomic E-state index is 11.4. The zero-order valence-corrected chi connectivity index (χ0v) is 11.0. The number of hydrogen-bond acceptors (Lipinski definition) is 4. The SMILES string of the molecule is COC(=O)C1CC(n2cc3c(n2)CCC(C=O)C3)C1. The van der Waals surface area contributed by atoms with E-state index in [2.05, 4.69) is 11.3 Å². The number of rotatable bonds is 3. The van der Waals surface area contributed by atoms with Crippen LogP contribution < -0.4 is 0 Å². The van der Waals surface area contributed by atoms with Crippen LogP contribution >= 0.6 is 0 Å². The maximum atomic E-state index is 11.4. The summed E-state index contributed by atoms with van der Waals surface area (Å²) in [4.78, 5) is 22.2. The predicted octanol–water partition coefficient (Wildman–Crippen LogP) is 1.31. The molecule has 5 nitrogen and oxygen atoms in total. The van der Waals surface area contributed by atoms with Gasteiger partial charge in [-0.15, -0.1) is 0 Å². The fraction of sp³-hybridized carbons (Fsp3) is 0.643. The fourth-order valence-corrected chi connectivity index (χ4v) is 3.02. The summed E-state index contributed by atoms with van der Waals surface area (Å²) in [5.41, 5.74) is 2.32. The largest absolute Gasteiger partial charge is 0.469 e. The lowest BCUT2D eigenvalue weighted by Crippen LogP contribution is -2.33. The molecule has 2 aliphatic carbocycles. The van der Waals surface area contributed by atoms with Gasteiger partial charge in [-0.1, -0.05) is 0 Å². The van der Waals surface area contributed by atoms with Crippen molar-refractivity contribution in [3.8, 4) is 0 Å². The van der Waals surface area contributed by atoms with Crippen LogP contribution in [0.5, 0.6) is 0 Å². The van der Waals surface area contributed by atoms with Gasteiger partial charge in [-0.05, 0) is 37.7 Å². The number of aryl methyl sites for hydroxylation is 1. The maximum Gasteiger partial charge on any atom is 0.308 e. The van der Waals surface area contributed by atoms with Crippen molar-refractivity contribution in [1.82, 2.24) is 9.78 Å². The molecule has 0 N–H and O–H groups in total. The second-order valence-corrected chi connectivity index (χ2v) is 5.57. The molecule has 0 bridgehead atoms. The van der Waals surface area contributed by atoms with Crippen molar-refractivity contribution in [2.45, 2.75) is 38.1 Å². The van der Waals surface area contributed by atoms with E-state index in [1.54, 1.807) is 0 Å². The molecule has 1 aromatic heterocycles. The molecule has 2 aliphatic rings. The molecule has 19 heavy (non-hydrogen) atoms. The van der Waals surface area contributed by atoms with Crippen LogP contribution in [-0.2, 0) is 27.2 Å². The Balaban J connectivity index is 1.67. The first-order valence-corrected chi connectivity index (χ1v) is 6.81. The average molecular weight is 262 g/mol. The lowest BCUT2D eigenvalue weighted by Gasteiger charge is -2.33. The monoisotopic (exact) mass is 262 g/mol. The van der Waals surface area contributed by atoms with Crippen LogP contribution in [0.4, 0.5) is 0 Å². The number of hydrogen-bond donors (Lipinski definition) is 0. The van der Waals surface area contributed by atoms with Gasteiger partial charge in [0.25, 0.3) is 0 Å². The Bertz CT molecular complexity index is 503. The fourth-order valence-electron chi connectivity index (χ4n) is 3.02. The van der Waals surface area contributed by atoms with Crippen molar-refractivity contribution in [1.29, 1.82) is 0 Å². The minimum atomic E-state index is -0.116. The normalized spacial score (nSPS) is 29.2. The highest BCUT2D eigenvalue weighted by Crippen LogP contribution is 2.39. The van der Waals surface area contributed by atoms with Gasteiger partial charge in [0.15, 0.2) is 0 Å². The van der Waals surface area contributed by atoms with E-state index in [4.69, 9.17) is 4.74 Å². The summed E-state index contributed by atoms with van der Waals surface area (Å²) >= 11 is 0. The highest BCUT2D eigenvalue weighted by Gasteiger charge is 2.37. The number of aromatic nitrogens is 2. The van der Waals surface area contributed by atoms with Crippen LogP contribution in [-0.4, -0.2) is 29.1 Å². The third-order valence-electron chi connectivity index (χ3n) is 4.34. The van der Waals surface area contributed by atoms with Gasteiger partial charge < -0.3 is 9.53 Å². The Morgan fingerprint density at radius 3 is 3.00 bits per heavy atom. The van der Waals surface area contributed by atoms with Crippen molar-refractivity contribution in [3.05, 3.63) is 17.5 Å². The third-order valence-corrected chi connectivity index (χ3v) is 4.34. The molecule has 1 atom stereocenters. The minimum absolute atomic E-state index is 0.0268. The Morgan fingerprint density at radius 2 is 2.32 bits per heavy atom. The molecule has 1 saturated carbocycles. The summed E-state index contributed by atoms with van der Waals surface area (Å²) < 4.78 is 6.72. The van der Waals surface area contributed by atoms with Gasteiger partial charge in [-0.2, -0.15) is 5.10 Å². The first-order chi connectivity index (χ1) is 9.21. The number of esters is 1. The lowest BCUT2D eigenvalue weighted by atomic mass is 9.80. The molecule has 0 radical (unpaired) electrons. The molecule has 0 aromatic carbocycles. The number of aldehydes is 1.